The zero-order valence-corrected chi connectivity index (χ0v) is 20.9. The predicted octanol–water partition coefficient (Wildman–Crippen LogP) is 7.08. The Labute approximate surface area is 210 Å². The minimum Gasteiger partial charge on any atom is -0.490 e. The third-order valence-corrected chi connectivity index (χ3v) is 8.75. The van der Waals surface area contributed by atoms with Crippen molar-refractivity contribution in [3.63, 3.8) is 0 Å². The number of benzene rings is 2. The number of nitrogens with zero attached hydrogens (tertiary/aromatic N) is 1. The topological polar surface area (TPSA) is 49.8 Å². The highest BCUT2D eigenvalue weighted by molar-refractivity contribution is 5.91. The molecule has 2 heterocycles. The summed E-state index contributed by atoms with van der Waals surface area (Å²) in [6, 6.07) is 9.16. The van der Waals surface area contributed by atoms with Crippen molar-refractivity contribution in [2.75, 3.05) is 6.54 Å². The number of hydrogen-bond donors (Lipinski definition) is 1. The van der Waals surface area contributed by atoms with E-state index in [9.17, 15) is 23.1 Å². The fraction of sp³-hybridized carbons (Fsp3) is 0.621. The second kappa shape index (κ2) is 10.2. The van der Waals surface area contributed by atoms with Crippen molar-refractivity contribution in [1.82, 2.24) is 4.90 Å². The number of alkyl halides is 3. The molecule has 36 heavy (non-hydrogen) atoms. The van der Waals surface area contributed by atoms with Crippen molar-refractivity contribution < 1.29 is 27.8 Å². The summed E-state index contributed by atoms with van der Waals surface area (Å²) in [5.74, 6) is -0.385. The van der Waals surface area contributed by atoms with E-state index < -0.39 is 17.7 Å². The van der Waals surface area contributed by atoms with Crippen LogP contribution in [-0.2, 0) is 17.4 Å². The van der Waals surface area contributed by atoms with Crippen molar-refractivity contribution in [2.45, 2.75) is 95.5 Å². The van der Waals surface area contributed by atoms with Gasteiger partial charge in [-0.1, -0.05) is 31.2 Å². The molecule has 2 bridgehead atoms. The monoisotopic (exact) mass is 503 g/mol. The largest absolute Gasteiger partial charge is 0.490 e. The first-order chi connectivity index (χ1) is 17.2. The molecule has 196 valence electrons. The Hall–Kier alpha value is -2.28. The standard InChI is InChI=1S/C29H36F3NO3/c1-18-7-11-23(12-8-18)36-26-14-13-24-19(4-2-6-25(24)27(26)29(30,31)32)5-3-15-33-21-9-10-22(33)17-20(16-21)28(34)35/h2,4,6,13-14,18,20-23H,3,5,7-12,15-17H2,1H3,(H,34,35)/t18-,20?,21-,22?,23+/m0/s1. The number of ether oxygens (including phenoxy) is 1. The Morgan fingerprint density at radius 3 is 2.33 bits per heavy atom. The van der Waals surface area contributed by atoms with Gasteiger partial charge < -0.3 is 9.84 Å². The van der Waals surface area contributed by atoms with Gasteiger partial charge in [-0.25, -0.2) is 0 Å². The number of halogens is 3. The van der Waals surface area contributed by atoms with E-state index >= 15 is 0 Å². The molecule has 2 aliphatic heterocycles. The molecule has 0 radical (unpaired) electrons. The van der Waals surface area contributed by atoms with E-state index in [2.05, 4.69) is 11.8 Å². The first-order valence-corrected chi connectivity index (χ1v) is 13.5. The summed E-state index contributed by atoms with van der Waals surface area (Å²) < 4.78 is 48.8. The molecule has 3 aliphatic rings. The molecule has 2 saturated heterocycles. The molecule has 0 aromatic heterocycles. The minimum absolute atomic E-state index is 0.0513. The smallest absolute Gasteiger partial charge is 0.420 e. The zero-order valence-electron chi connectivity index (χ0n) is 20.9. The van der Waals surface area contributed by atoms with Gasteiger partial charge in [-0.15, -0.1) is 0 Å². The highest BCUT2D eigenvalue weighted by Crippen LogP contribution is 2.44. The lowest BCUT2D eigenvalue weighted by atomic mass is 9.89. The summed E-state index contributed by atoms with van der Waals surface area (Å²) in [5, 5.41) is 10.3. The van der Waals surface area contributed by atoms with Crippen molar-refractivity contribution in [3.05, 3.63) is 41.5 Å². The van der Waals surface area contributed by atoms with Gasteiger partial charge in [0.25, 0.3) is 0 Å². The van der Waals surface area contributed by atoms with Crippen LogP contribution in [-0.4, -0.2) is 40.7 Å². The van der Waals surface area contributed by atoms with Crippen LogP contribution in [0.5, 0.6) is 5.75 Å². The molecule has 3 fully saturated rings. The molecule has 4 nitrogen and oxygen atoms in total. The number of aliphatic carboxylic acids is 1. The van der Waals surface area contributed by atoms with Gasteiger partial charge in [0, 0.05) is 12.1 Å². The SMILES string of the molecule is C[C@H]1CC[C@@H](Oc2ccc3c(CCCN4C5CC[C@H]4CC(C(=O)O)C5)cccc3c2C(F)(F)F)CC1. The van der Waals surface area contributed by atoms with Gasteiger partial charge in [0.15, 0.2) is 0 Å². The fourth-order valence-corrected chi connectivity index (χ4v) is 6.83. The Balaban J connectivity index is 1.32. The number of aryl methyl sites for hydroxylation is 1. The van der Waals surface area contributed by atoms with Crippen LogP contribution in [0, 0.1) is 11.8 Å². The Bertz CT molecular complexity index is 1080. The maximum Gasteiger partial charge on any atom is 0.420 e. The first-order valence-electron chi connectivity index (χ1n) is 13.5. The fourth-order valence-electron chi connectivity index (χ4n) is 6.83. The van der Waals surface area contributed by atoms with Gasteiger partial charge in [0.2, 0.25) is 0 Å². The first kappa shape index (κ1) is 25.4. The number of fused-ring (bicyclic) bond motifs is 3. The van der Waals surface area contributed by atoms with Crippen LogP contribution in [0.25, 0.3) is 10.8 Å². The van der Waals surface area contributed by atoms with Gasteiger partial charge in [-0.2, -0.15) is 13.2 Å². The summed E-state index contributed by atoms with van der Waals surface area (Å²) in [6.45, 7) is 3.03. The third kappa shape index (κ3) is 5.22. The average Bonchev–Trinajstić information content (AvgIpc) is 3.06. The van der Waals surface area contributed by atoms with Crippen LogP contribution in [0.1, 0.15) is 75.8 Å². The molecule has 0 spiro atoms. The van der Waals surface area contributed by atoms with Crippen molar-refractivity contribution in [1.29, 1.82) is 0 Å². The van der Waals surface area contributed by atoms with Crippen LogP contribution in [0.15, 0.2) is 30.3 Å². The molecule has 3 atom stereocenters. The molecule has 0 amide bonds. The lowest BCUT2D eigenvalue weighted by Gasteiger charge is -2.37. The number of carbonyl (C=O) groups is 1. The molecule has 7 heteroatoms. The Morgan fingerprint density at radius 1 is 1.00 bits per heavy atom. The van der Waals surface area contributed by atoms with E-state index in [0.29, 0.717) is 42.7 Å². The van der Waals surface area contributed by atoms with Crippen molar-refractivity contribution in [2.24, 2.45) is 11.8 Å². The van der Waals surface area contributed by atoms with Crippen LogP contribution in [0.2, 0.25) is 0 Å². The van der Waals surface area contributed by atoms with E-state index in [1.807, 2.05) is 6.07 Å². The molecule has 2 aromatic carbocycles. The van der Waals surface area contributed by atoms with E-state index in [-0.39, 0.29) is 23.2 Å². The lowest BCUT2D eigenvalue weighted by Crippen LogP contribution is -2.45. The Morgan fingerprint density at radius 2 is 1.69 bits per heavy atom. The molecule has 1 aliphatic carbocycles. The summed E-state index contributed by atoms with van der Waals surface area (Å²) >= 11 is 0. The maximum absolute atomic E-state index is 14.3. The lowest BCUT2D eigenvalue weighted by molar-refractivity contribution is -0.144. The van der Waals surface area contributed by atoms with E-state index in [1.54, 1.807) is 18.2 Å². The number of piperidine rings is 1. The highest BCUT2D eigenvalue weighted by Gasteiger charge is 2.42. The van der Waals surface area contributed by atoms with Crippen LogP contribution < -0.4 is 4.74 Å². The van der Waals surface area contributed by atoms with Crippen molar-refractivity contribution in [3.8, 4) is 5.75 Å². The molecule has 1 N–H and O–H groups in total. The molecular formula is C29H36F3NO3. The van der Waals surface area contributed by atoms with Crippen molar-refractivity contribution >= 4 is 16.7 Å². The van der Waals surface area contributed by atoms with Gasteiger partial charge in [-0.05, 0) is 99.1 Å². The zero-order chi connectivity index (χ0) is 25.4. The molecule has 1 saturated carbocycles. The van der Waals surface area contributed by atoms with Gasteiger partial charge in [-0.3, -0.25) is 9.69 Å². The number of rotatable bonds is 7. The van der Waals surface area contributed by atoms with Gasteiger partial charge in [0.1, 0.15) is 11.3 Å². The molecule has 2 aromatic rings. The molecular weight excluding hydrogens is 467 g/mol. The normalized spacial score (nSPS) is 28.9. The molecule has 2 unspecified atom stereocenters. The summed E-state index contributed by atoms with van der Waals surface area (Å²) in [4.78, 5) is 13.9. The summed E-state index contributed by atoms with van der Waals surface area (Å²) in [5.41, 5.74) is 0.262. The van der Waals surface area contributed by atoms with Gasteiger partial charge in [0.05, 0.1) is 12.0 Å². The molecule has 5 rings (SSSR count). The second-order valence-electron chi connectivity index (χ2n) is 11.2. The van der Waals surface area contributed by atoms with Crippen LogP contribution in [0.4, 0.5) is 13.2 Å². The van der Waals surface area contributed by atoms with Crippen LogP contribution >= 0.6 is 0 Å². The number of carboxylic acid groups (broad SMARTS) is 1. The third-order valence-electron chi connectivity index (χ3n) is 8.75. The van der Waals surface area contributed by atoms with E-state index in [1.165, 1.54) is 6.07 Å². The van der Waals surface area contributed by atoms with Gasteiger partial charge >= 0.3 is 12.1 Å². The van der Waals surface area contributed by atoms with E-state index in [0.717, 1.165) is 57.1 Å². The average molecular weight is 504 g/mol. The quantitative estimate of drug-likeness (QED) is 0.439. The number of carboxylic acids is 1. The van der Waals surface area contributed by atoms with E-state index in [4.69, 9.17) is 4.74 Å². The maximum atomic E-state index is 14.3. The Kier molecular flexibility index (Phi) is 7.21. The minimum atomic E-state index is -4.50. The van der Waals surface area contributed by atoms with Crippen LogP contribution in [0.3, 0.4) is 0 Å². The summed E-state index contributed by atoms with van der Waals surface area (Å²) in [7, 11) is 0. The summed E-state index contributed by atoms with van der Waals surface area (Å²) in [6.07, 6.45) is 3.92. The number of hydrogen-bond acceptors (Lipinski definition) is 3. The predicted molar refractivity (Wildman–Crippen MR) is 133 cm³/mol. The second-order valence-corrected chi connectivity index (χ2v) is 11.2. The highest BCUT2D eigenvalue weighted by atomic mass is 19.4.